The van der Waals surface area contributed by atoms with Crippen molar-refractivity contribution < 1.29 is 38.2 Å². The number of carbonyl (C=O) groups excluding carboxylic acids is 4. The van der Waals surface area contributed by atoms with E-state index in [2.05, 4.69) is 0 Å². The molecule has 5 rings (SSSR count). The molecular formula is C23H18O8. The summed E-state index contributed by atoms with van der Waals surface area (Å²) in [6.07, 6.45) is 0.247. The number of aliphatic carboxylic acids is 1. The SMILES string of the molecule is C[C@@]12c3ccc4c(c3C(=O)c3occ(c31)C(=O)C[C@H]2OC(=O)CCC(=O)O)CCC4=O. The monoisotopic (exact) mass is 422 g/mol. The Hall–Kier alpha value is -3.55. The van der Waals surface area contributed by atoms with Crippen LogP contribution in [0.3, 0.4) is 0 Å². The van der Waals surface area contributed by atoms with Crippen molar-refractivity contribution in [2.75, 3.05) is 0 Å². The molecule has 3 aliphatic carbocycles. The van der Waals surface area contributed by atoms with Gasteiger partial charge in [0.25, 0.3) is 0 Å². The van der Waals surface area contributed by atoms with Gasteiger partial charge in [0.2, 0.25) is 5.78 Å². The first-order valence-electron chi connectivity index (χ1n) is 10.0. The third-order valence-electron chi connectivity index (χ3n) is 6.65. The van der Waals surface area contributed by atoms with Gasteiger partial charge in [-0.3, -0.25) is 24.0 Å². The molecule has 0 saturated heterocycles. The van der Waals surface area contributed by atoms with E-state index < -0.39 is 23.5 Å². The highest BCUT2D eigenvalue weighted by Gasteiger charge is 2.55. The average Bonchev–Trinajstić information content (AvgIpc) is 3.34. The smallest absolute Gasteiger partial charge is 0.306 e. The highest BCUT2D eigenvalue weighted by Crippen LogP contribution is 2.52. The predicted octanol–water partition coefficient (Wildman–Crippen LogP) is 2.62. The summed E-state index contributed by atoms with van der Waals surface area (Å²) in [6, 6.07) is 3.38. The van der Waals surface area contributed by atoms with Crippen LogP contribution in [0.1, 0.15) is 86.1 Å². The number of carboxylic acid groups (broad SMARTS) is 1. The van der Waals surface area contributed by atoms with Gasteiger partial charge < -0.3 is 14.3 Å². The van der Waals surface area contributed by atoms with E-state index in [0.29, 0.717) is 40.7 Å². The molecule has 158 valence electrons. The average molecular weight is 422 g/mol. The molecule has 0 unspecified atom stereocenters. The van der Waals surface area contributed by atoms with Gasteiger partial charge in [-0.25, -0.2) is 0 Å². The summed E-state index contributed by atoms with van der Waals surface area (Å²) in [5.41, 5.74) is 1.75. The number of ketones is 3. The quantitative estimate of drug-likeness (QED) is 0.745. The molecule has 0 spiro atoms. The molecule has 1 aromatic heterocycles. The van der Waals surface area contributed by atoms with Gasteiger partial charge in [0.1, 0.15) is 12.4 Å². The topological polar surface area (TPSA) is 128 Å². The number of carbonyl (C=O) groups is 5. The molecule has 1 aromatic carbocycles. The Bertz CT molecular complexity index is 1220. The molecule has 0 saturated carbocycles. The fraction of sp³-hybridized carbons (Fsp3) is 0.348. The number of Topliss-reactive ketones (excluding diaryl/α,β-unsaturated/α-hetero) is 2. The number of carboxylic acids is 1. The second-order valence-electron chi connectivity index (χ2n) is 8.32. The predicted molar refractivity (Wildman–Crippen MR) is 103 cm³/mol. The maximum Gasteiger partial charge on any atom is 0.306 e. The highest BCUT2D eigenvalue weighted by molar-refractivity contribution is 6.17. The van der Waals surface area contributed by atoms with Crippen molar-refractivity contribution in [3.8, 4) is 0 Å². The van der Waals surface area contributed by atoms with Gasteiger partial charge in [-0.05, 0) is 24.5 Å². The lowest BCUT2D eigenvalue weighted by Crippen LogP contribution is -2.49. The van der Waals surface area contributed by atoms with Crippen molar-refractivity contribution in [3.63, 3.8) is 0 Å². The first-order chi connectivity index (χ1) is 14.7. The third-order valence-corrected chi connectivity index (χ3v) is 6.65. The minimum Gasteiger partial charge on any atom is -0.481 e. The summed E-state index contributed by atoms with van der Waals surface area (Å²) in [5.74, 6) is -2.56. The summed E-state index contributed by atoms with van der Waals surface area (Å²) >= 11 is 0. The van der Waals surface area contributed by atoms with Crippen LogP contribution < -0.4 is 0 Å². The van der Waals surface area contributed by atoms with Gasteiger partial charge in [-0.1, -0.05) is 12.1 Å². The van der Waals surface area contributed by atoms with E-state index in [1.165, 1.54) is 6.26 Å². The lowest BCUT2D eigenvalue weighted by atomic mass is 9.60. The van der Waals surface area contributed by atoms with Crippen molar-refractivity contribution in [1.29, 1.82) is 0 Å². The molecule has 0 aliphatic heterocycles. The molecule has 3 aliphatic rings. The van der Waals surface area contributed by atoms with E-state index in [1.807, 2.05) is 0 Å². The van der Waals surface area contributed by atoms with Gasteiger partial charge in [0.15, 0.2) is 17.3 Å². The number of furan rings is 1. The van der Waals surface area contributed by atoms with E-state index in [-0.39, 0.29) is 47.9 Å². The van der Waals surface area contributed by atoms with Gasteiger partial charge in [-0.15, -0.1) is 0 Å². The Labute approximate surface area is 176 Å². The lowest BCUT2D eigenvalue weighted by Gasteiger charge is -2.43. The Morgan fingerprint density at radius 1 is 1.13 bits per heavy atom. The molecule has 0 bridgehead atoms. The first kappa shape index (κ1) is 19.4. The molecule has 0 radical (unpaired) electrons. The van der Waals surface area contributed by atoms with Crippen molar-refractivity contribution in [3.05, 3.63) is 57.5 Å². The molecule has 8 heteroatoms. The Balaban J connectivity index is 1.67. The molecule has 1 heterocycles. The Kier molecular flexibility index (Phi) is 4.05. The Morgan fingerprint density at radius 2 is 1.90 bits per heavy atom. The minimum atomic E-state index is -1.13. The van der Waals surface area contributed by atoms with Crippen LogP contribution in [0.15, 0.2) is 22.8 Å². The van der Waals surface area contributed by atoms with Crippen molar-refractivity contribution in [2.45, 2.75) is 50.5 Å². The molecule has 31 heavy (non-hydrogen) atoms. The third kappa shape index (κ3) is 2.57. The molecule has 2 aromatic rings. The van der Waals surface area contributed by atoms with E-state index in [0.717, 1.165) is 0 Å². The normalized spacial score (nSPS) is 23.3. The van der Waals surface area contributed by atoms with Crippen molar-refractivity contribution >= 4 is 29.3 Å². The number of fused-ring (bicyclic) bond motifs is 4. The van der Waals surface area contributed by atoms with Crippen molar-refractivity contribution in [1.82, 2.24) is 0 Å². The van der Waals surface area contributed by atoms with Gasteiger partial charge in [0.05, 0.1) is 23.8 Å². The number of ether oxygens (including phenoxy) is 1. The molecule has 8 nitrogen and oxygen atoms in total. The van der Waals surface area contributed by atoms with Crippen LogP contribution in [-0.4, -0.2) is 40.5 Å². The minimum absolute atomic E-state index is 0.0254. The number of hydrogen-bond donors (Lipinski definition) is 1. The summed E-state index contributed by atoms with van der Waals surface area (Å²) in [4.78, 5) is 61.5. The summed E-state index contributed by atoms with van der Waals surface area (Å²) in [6.45, 7) is 1.79. The second-order valence-corrected chi connectivity index (χ2v) is 8.32. The van der Waals surface area contributed by atoms with E-state index >= 15 is 0 Å². The van der Waals surface area contributed by atoms with Crippen LogP contribution >= 0.6 is 0 Å². The molecule has 2 atom stereocenters. The highest BCUT2D eigenvalue weighted by atomic mass is 16.5. The molecule has 1 N–H and O–H groups in total. The zero-order chi connectivity index (χ0) is 22.1. The largest absolute Gasteiger partial charge is 0.481 e. The first-order valence-corrected chi connectivity index (χ1v) is 10.0. The molecule has 0 amide bonds. The van der Waals surface area contributed by atoms with Crippen LogP contribution in [0.25, 0.3) is 0 Å². The number of rotatable bonds is 4. The fourth-order valence-electron chi connectivity index (χ4n) is 5.13. The van der Waals surface area contributed by atoms with Crippen LogP contribution in [0.4, 0.5) is 0 Å². The second kappa shape index (κ2) is 6.47. The van der Waals surface area contributed by atoms with Gasteiger partial charge >= 0.3 is 11.9 Å². The zero-order valence-electron chi connectivity index (χ0n) is 16.6. The van der Waals surface area contributed by atoms with Crippen LogP contribution in [-0.2, 0) is 26.2 Å². The fourth-order valence-corrected chi connectivity index (χ4v) is 5.13. The maximum atomic E-state index is 13.3. The van der Waals surface area contributed by atoms with Gasteiger partial charge in [-0.2, -0.15) is 0 Å². The van der Waals surface area contributed by atoms with Crippen LogP contribution in [0.5, 0.6) is 0 Å². The number of esters is 1. The zero-order valence-corrected chi connectivity index (χ0v) is 16.6. The maximum absolute atomic E-state index is 13.3. The van der Waals surface area contributed by atoms with E-state index in [1.54, 1.807) is 19.1 Å². The van der Waals surface area contributed by atoms with Crippen LogP contribution in [0, 0.1) is 0 Å². The number of hydrogen-bond acceptors (Lipinski definition) is 7. The van der Waals surface area contributed by atoms with E-state index in [9.17, 15) is 24.0 Å². The lowest BCUT2D eigenvalue weighted by molar-refractivity contribution is -0.154. The summed E-state index contributed by atoms with van der Waals surface area (Å²) < 4.78 is 11.2. The van der Waals surface area contributed by atoms with Crippen molar-refractivity contribution in [2.24, 2.45) is 0 Å². The number of benzene rings is 1. The molecule has 0 fully saturated rings. The molecular weight excluding hydrogens is 404 g/mol. The summed E-state index contributed by atoms with van der Waals surface area (Å²) in [5, 5.41) is 8.84. The van der Waals surface area contributed by atoms with Crippen LogP contribution in [0.2, 0.25) is 0 Å². The summed E-state index contributed by atoms with van der Waals surface area (Å²) in [7, 11) is 0. The Morgan fingerprint density at radius 3 is 2.65 bits per heavy atom. The standard InChI is InChI=1S/C23H18O8/c1-23-13-4-2-10-11(3-5-14(10)24)19(13)21(29)22-20(23)12(9-30-22)15(25)8-16(23)31-18(28)7-6-17(26)27/h2,4,9,16H,3,5-8H2,1H3,(H,26,27)/t16-,23+/m1/s1. The van der Waals surface area contributed by atoms with Gasteiger partial charge in [0, 0.05) is 29.5 Å². The van der Waals surface area contributed by atoms with E-state index in [4.69, 9.17) is 14.3 Å².